The second kappa shape index (κ2) is 10.4. The molecule has 1 aliphatic heterocycles. The van der Waals surface area contributed by atoms with E-state index in [2.05, 4.69) is 16.7 Å². The van der Waals surface area contributed by atoms with E-state index in [-0.39, 0.29) is 10.9 Å². The number of aromatic nitrogens is 2. The highest BCUT2D eigenvalue weighted by atomic mass is 32.2. The molecule has 0 saturated heterocycles. The Hall–Kier alpha value is -3.56. The first kappa shape index (κ1) is 26.5. The Labute approximate surface area is 222 Å². The molecule has 2 N–H and O–H groups in total. The fraction of sp³-hybridized carbons (Fsp3) is 0.400. The van der Waals surface area contributed by atoms with Crippen molar-refractivity contribution in [3.8, 4) is 11.8 Å². The first-order valence-corrected chi connectivity index (χ1v) is 13.4. The summed E-state index contributed by atoms with van der Waals surface area (Å²) in [6.07, 6.45) is 0.0858. The minimum absolute atomic E-state index is 0.227. The van der Waals surface area contributed by atoms with Crippen molar-refractivity contribution in [2.45, 2.75) is 63.5 Å². The molecule has 0 spiro atoms. The molecule has 0 aliphatic carbocycles. The Morgan fingerprint density at radius 2 is 2.03 bits per heavy atom. The van der Waals surface area contributed by atoms with Crippen LogP contribution in [0.5, 0.6) is 0 Å². The molecule has 2 amide bonds. The first-order valence-electron chi connectivity index (χ1n) is 11.7. The summed E-state index contributed by atoms with van der Waals surface area (Å²) in [5, 5.41) is 15.2. The molecule has 0 radical (unpaired) electrons. The van der Waals surface area contributed by atoms with Gasteiger partial charge in [0, 0.05) is 23.6 Å². The summed E-state index contributed by atoms with van der Waals surface area (Å²) in [5.41, 5.74) is 1.82. The highest BCUT2D eigenvalue weighted by Crippen LogP contribution is 2.37. The van der Waals surface area contributed by atoms with Crippen LogP contribution in [0.25, 0.3) is 5.69 Å². The number of H-pyrrole nitrogens is 1. The van der Waals surface area contributed by atoms with Gasteiger partial charge in [0.15, 0.2) is 0 Å². The van der Waals surface area contributed by atoms with Gasteiger partial charge in [-0.1, -0.05) is 17.7 Å². The van der Waals surface area contributed by atoms with Gasteiger partial charge in [0.05, 0.1) is 17.4 Å². The SMILES string of the molecule is Cc1ccc(-[n+]2[nH]oc(=O)c2SC(C)C(=O)Nc2sc3c(c2C#N)CCN(C(=O)OC(C)(C)C)C3)cc1. The summed E-state index contributed by atoms with van der Waals surface area (Å²) in [5.74, 6) is -0.361. The second-order valence-electron chi connectivity index (χ2n) is 9.68. The van der Waals surface area contributed by atoms with Gasteiger partial charge in [-0.3, -0.25) is 9.32 Å². The summed E-state index contributed by atoms with van der Waals surface area (Å²) >= 11 is 2.33. The van der Waals surface area contributed by atoms with Gasteiger partial charge in [0.1, 0.15) is 16.7 Å². The van der Waals surface area contributed by atoms with Crippen molar-refractivity contribution in [2.24, 2.45) is 0 Å². The largest absolute Gasteiger partial charge is 0.444 e. The number of nitrogens with zero attached hydrogens (tertiary/aromatic N) is 3. The van der Waals surface area contributed by atoms with Gasteiger partial charge in [-0.2, -0.15) is 5.26 Å². The van der Waals surface area contributed by atoms with E-state index in [4.69, 9.17) is 9.26 Å². The molecule has 3 aromatic rings. The number of benzene rings is 1. The molecule has 2 aromatic heterocycles. The summed E-state index contributed by atoms with van der Waals surface area (Å²) in [7, 11) is 0. The lowest BCUT2D eigenvalue weighted by atomic mass is 10.0. The quantitative estimate of drug-likeness (QED) is 0.369. The van der Waals surface area contributed by atoms with Crippen LogP contribution in [0.2, 0.25) is 0 Å². The van der Waals surface area contributed by atoms with Gasteiger partial charge in [-0.25, -0.2) is 9.59 Å². The van der Waals surface area contributed by atoms with Crippen LogP contribution < -0.4 is 15.6 Å². The number of nitrogens with one attached hydrogen (secondary N) is 2. The molecule has 194 valence electrons. The maximum Gasteiger partial charge on any atom is 0.442 e. The van der Waals surface area contributed by atoms with Crippen LogP contribution in [-0.4, -0.2) is 39.6 Å². The van der Waals surface area contributed by atoms with E-state index in [1.54, 1.807) is 11.8 Å². The van der Waals surface area contributed by atoms with E-state index in [0.29, 0.717) is 35.8 Å². The second-order valence-corrected chi connectivity index (χ2v) is 12.1. The molecule has 10 nitrogen and oxygen atoms in total. The third-order valence-corrected chi connectivity index (χ3v) is 7.89. The zero-order chi connectivity index (χ0) is 26.9. The number of fused-ring (bicyclic) bond motifs is 1. The molecule has 4 rings (SSSR count). The van der Waals surface area contributed by atoms with E-state index in [1.165, 1.54) is 16.0 Å². The van der Waals surface area contributed by atoms with Crippen molar-refractivity contribution in [3.63, 3.8) is 0 Å². The third-order valence-electron chi connectivity index (χ3n) is 5.61. The number of anilines is 1. The number of hydrogen-bond acceptors (Lipinski definition) is 8. The van der Waals surface area contributed by atoms with Crippen LogP contribution in [-0.2, 0) is 22.5 Å². The van der Waals surface area contributed by atoms with E-state index < -0.39 is 22.6 Å². The van der Waals surface area contributed by atoms with Crippen molar-refractivity contribution >= 4 is 40.1 Å². The van der Waals surface area contributed by atoms with E-state index >= 15 is 0 Å². The summed E-state index contributed by atoms with van der Waals surface area (Å²) in [4.78, 5) is 40.4. The number of amides is 2. The highest BCUT2D eigenvalue weighted by Gasteiger charge is 2.32. The number of ether oxygens (including phenoxy) is 1. The highest BCUT2D eigenvalue weighted by molar-refractivity contribution is 8.00. The van der Waals surface area contributed by atoms with Crippen molar-refractivity contribution in [3.05, 3.63) is 56.3 Å². The predicted octanol–water partition coefficient (Wildman–Crippen LogP) is 3.90. The van der Waals surface area contributed by atoms with Gasteiger partial charge in [0.25, 0.3) is 0 Å². The van der Waals surface area contributed by atoms with Crippen LogP contribution in [0.1, 0.15) is 49.3 Å². The minimum atomic E-state index is -0.667. The molecule has 0 saturated carbocycles. The Kier molecular flexibility index (Phi) is 7.47. The Bertz CT molecular complexity index is 1430. The van der Waals surface area contributed by atoms with Crippen LogP contribution >= 0.6 is 23.1 Å². The van der Waals surface area contributed by atoms with Crippen LogP contribution in [0, 0.1) is 18.3 Å². The Morgan fingerprint density at radius 3 is 2.68 bits per heavy atom. The van der Waals surface area contributed by atoms with Gasteiger partial charge in [0.2, 0.25) is 11.6 Å². The first-order chi connectivity index (χ1) is 17.5. The normalized spacial score (nSPS) is 14.0. The Morgan fingerprint density at radius 1 is 1.32 bits per heavy atom. The number of aryl methyl sites for hydroxylation is 1. The maximum atomic E-state index is 13.1. The standard InChI is InChI=1S/C25H27N5O5S2/c1-14-6-8-16(9-7-14)30-22(23(32)35-28-30)36-15(2)20(31)27-21-18(12-26)17-10-11-29(13-19(17)37-21)24(33)34-25(3,4)5/h6-9,15H,10-11,13H2,1-5H3,(H-,27,28,31,32)/p+1. The average molecular weight is 543 g/mol. The number of thiophene rings is 1. The van der Waals surface area contributed by atoms with Crippen molar-refractivity contribution in [1.29, 1.82) is 5.26 Å². The lowest BCUT2D eigenvalue weighted by Gasteiger charge is -2.29. The lowest BCUT2D eigenvalue weighted by molar-refractivity contribution is -0.704. The van der Waals surface area contributed by atoms with Crippen LogP contribution in [0.15, 0.2) is 38.6 Å². The molecule has 1 unspecified atom stereocenters. The smallest absolute Gasteiger partial charge is 0.442 e. The molecule has 12 heteroatoms. The predicted molar refractivity (Wildman–Crippen MR) is 139 cm³/mol. The molecule has 1 aliphatic rings. The maximum absolute atomic E-state index is 13.1. The van der Waals surface area contributed by atoms with Crippen LogP contribution in [0.4, 0.5) is 9.80 Å². The van der Waals surface area contributed by atoms with Gasteiger partial charge in [-0.05, 0) is 68.3 Å². The molecule has 0 bridgehead atoms. The van der Waals surface area contributed by atoms with Crippen molar-refractivity contribution in [2.75, 3.05) is 11.9 Å². The fourth-order valence-corrected chi connectivity index (χ4v) is 5.86. The number of aromatic amines is 1. The topological polar surface area (TPSA) is 132 Å². The molecular formula is C25H28N5O5S2+. The number of hydrogen-bond donors (Lipinski definition) is 2. The fourth-order valence-electron chi connectivity index (χ4n) is 3.75. The third kappa shape index (κ3) is 5.89. The van der Waals surface area contributed by atoms with E-state index in [0.717, 1.165) is 27.8 Å². The zero-order valence-electron chi connectivity index (χ0n) is 21.2. The van der Waals surface area contributed by atoms with Gasteiger partial charge in [-0.15, -0.1) is 11.3 Å². The van der Waals surface area contributed by atoms with Crippen LogP contribution in [0.3, 0.4) is 0 Å². The zero-order valence-corrected chi connectivity index (χ0v) is 22.8. The molecular weight excluding hydrogens is 514 g/mol. The molecule has 0 fully saturated rings. The number of thioether (sulfide) groups is 1. The molecule has 1 aromatic carbocycles. The van der Waals surface area contributed by atoms with E-state index in [9.17, 15) is 19.6 Å². The number of carbonyl (C=O) groups is 2. The number of rotatable bonds is 5. The Balaban J connectivity index is 1.49. The summed E-state index contributed by atoms with van der Waals surface area (Å²) < 4.78 is 11.9. The minimum Gasteiger partial charge on any atom is -0.444 e. The average Bonchev–Trinajstić information content (AvgIpc) is 3.37. The van der Waals surface area contributed by atoms with Crippen molar-refractivity contribution in [1.82, 2.24) is 10.2 Å². The summed E-state index contributed by atoms with van der Waals surface area (Å²) in [6.45, 7) is 9.81. The number of carbonyl (C=O) groups excluding carboxylic acids is 2. The monoisotopic (exact) mass is 542 g/mol. The molecule has 1 atom stereocenters. The van der Waals surface area contributed by atoms with Gasteiger partial charge < -0.3 is 15.0 Å². The molecule has 3 heterocycles. The molecule has 37 heavy (non-hydrogen) atoms. The lowest BCUT2D eigenvalue weighted by Crippen LogP contribution is -2.39. The number of nitriles is 1. The van der Waals surface area contributed by atoms with Crippen molar-refractivity contribution < 1.29 is 23.5 Å². The van der Waals surface area contributed by atoms with Gasteiger partial charge >= 0.3 is 16.7 Å². The van der Waals surface area contributed by atoms with E-state index in [1.807, 2.05) is 52.0 Å². The summed E-state index contributed by atoms with van der Waals surface area (Å²) in [6, 6.07) is 9.69.